The van der Waals surface area contributed by atoms with Crippen LogP contribution in [0.3, 0.4) is 0 Å². The standard InChI is InChI=1S/C18H17NO6S/c1-2-26(23,24)25-13-9-7-12(8-10-13)16(20)11-18(22)14-5-3-4-6-15(14)19-17(18)21/h3-10,22H,2,11H2,1H3,(H,19,21). The van der Waals surface area contributed by atoms with Gasteiger partial charge in [-0.2, -0.15) is 8.42 Å². The lowest BCUT2D eigenvalue weighted by Crippen LogP contribution is -2.36. The van der Waals surface area contributed by atoms with E-state index in [9.17, 15) is 23.1 Å². The van der Waals surface area contributed by atoms with Crippen molar-refractivity contribution in [1.29, 1.82) is 0 Å². The Morgan fingerprint density at radius 3 is 2.46 bits per heavy atom. The molecule has 7 nitrogen and oxygen atoms in total. The molecular formula is C18H17NO6S. The van der Waals surface area contributed by atoms with Crippen molar-refractivity contribution in [3.8, 4) is 5.75 Å². The van der Waals surface area contributed by atoms with E-state index in [4.69, 9.17) is 4.18 Å². The summed E-state index contributed by atoms with van der Waals surface area (Å²) in [6.07, 6.45) is -0.427. The Kier molecular flexibility index (Phi) is 4.55. The van der Waals surface area contributed by atoms with E-state index >= 15 is 0 Å². The molecular weight excluding hydrogens is 358 g/mol. The van der Waals surface area contributed by atoms with E-state index < -0.39 is 33.8 Å². The fourth-order valence-corrected chi connectivity index (χ4v) is 3.23. The summed E-state index contributed by atoms with van der Waals surface area (Å²) < 4.78 is 27.7. The highest BCUT2D eigenvalue weighted by atomic mass is 32.2. The van der Waals surface area contributed by atoms with Crippen LogP contribution in [-0.2, 0) is 20.5 Å². The molecule has 0 bridgehead atoms. The second-order valence-electron chi connectivity index (χ2n) is 5.91. The number of carbonyl (C=O) groups excluding carboxylic acids is 2. The summed E-state index contributed by atoms with van der Waals surface area (Å²) in [7, 11) is -3.65. The number of aliphatic hydroxyl groups is 1. The first-order valence-corrected chi connectivity index (χ1v) is 9.51. The molecule has 1 atom stereocenters. The minimum atomic E-state index is -3.65. The molecule has 0 fully saturated rings. The zero-order valence-corrected chi connectivity index (χ0v) is 14.7. The molecule has 3 rings (SSSR count). The maximum Gasteiger partial charge on any atom is 0.308 e. The highest BCUT2D eigenvalue weighted by molar-refractivity contribution is 7.87. The first-order chi connectivity index (χ1) is 12.2. The maximum atomic E-state index is 12.5. The highest BCUT2D eigenvalue weighted by Crippen LogP contribution is 2.38. The van der Waals surface area contributed by atoms with Gasteiger partial charge in [0.2, 0.25) is 0 Å². The topological polar surface area (TPSA) is 110 Å². The summed E-state index contributed by atoms with van der Waals surface area (Å²) in [5.74, 6) is -1.19. The van der Waals surface area contributed by atoms with Crippen LogP contribution in [-0.4, -0.2) is 31.0 Å². The quantitative estimate of drug-likeness (QED) is 0.589. The zero-order valence-electron chi connectivity index (χ0n) is 13.9. The molecule has 2 aromatic carbocycles. The lowest BCUT2D eigenvalue weighted by Gasteiger charge is -2.20. The number of carbonyl (C=O) groups is 2. The molecule has 1 aliphatic heterocycles. The molecule has 26 heavy (non-hydrogen) atoms. The van der Waals surface area contributed by atoms with E-state index in [1.54, 1.807) is 24.3 Å². The van der Waals surface area contributed by atoms with Crippen molar-refractivity contribution in [1.82, 2.24) is 0 Å². The number of nitrogens with one attached hydrogen (secondary N) is 1. The van der Waals surface area contributed by atoms with Crippen molar-refractivity contribution in [3.63, 3.8) is 0 Å². The summed E-state index contributed by atoms with van der Waals surface area (Å²) >= 11 is 0. The smallest absolute Gasteiger partial charge is 0.308 e. The average molecular weight is 375 g/mol. The summed E-state index contributed by atoms with van der Waals surface area (Å²) in [6.45, 7) is 1.46. The third-order valence-electron chi connectivity index (χ3n) is 4.17. The van der Waals surface area contributed by atoms with Crippen molar-refractivity contribution in [3.05, 3.63) is 59.7 Å². The van der Waals surface area contributed by atoms with Crippen LogP contribution in [0.15, 0.2) is 48.5 Å². The van der Waals surface area contributed by atoms with Gasteiger partial charge in [0.25, 0.3) is 5.91 Å². The molecule has 0 aromatic heterocycles. The predicted molar refractivity (Wildman–Crippen MR) is 94.4 cm³/mol. The van der Waals surface area contributed by atoms with Gasteiger partial charge < -0.3 is 14.6 Å². The molecule has 136 valence electrons. The van der Waals surface area contributed by atoms with E-state index in [2.05, 4.69) is 5.32 Å². The van der Waals surface area contributed by atoms with Crippen LogP contribution in [0.2, 0.25) is 0 Å². The van der Waals surface area contributed by atoms with Crippen LogP contribution < -0.4 is 9.50 Å². The Balaban J connectivity index is 1.79. The normalized spacial score (nSPS) is 18.9. The number of anilines is 1. The molecule has 1 aliphatic rings. The van der Waals surface area contributed by atoms with Crippen LogP contribution in [0.1, 0.15) is 29.3 Å². The number of benzene rings is 2. The number of rotatable bonds is 6. The minimum Gasteiger partial charge on any atom is -0.382 e. The van der Waals surface area contributed by atoms with Crippen LogP contribution in [0, 0.1) is 0 Å². The Bertz CT molecular complexity index is 967. The van der Waals surface area contributed by atoms with Crippen LogP contribution in [0.25, 0.3) is 0 Å². The lowest BCUT2D eigenvalue weighted by atomic mass is 9.88. The van der Waals surface area contributed by atoms with Crippen LogP contribution in [0.5, 0.6) is 5.75 Å². The van der Waals surface area contributed by atoms with Gasteiger partial charge in [0, 0.05) is 16.8 Å². The summed E-state index contributed by atoms with van der Waals surface area (Å²) in [5, 5.41) is 13.3. The van der Waals surface area contributed by atoms with Gasteiger partial charge in [-0.15, -0.1) is 0 Å². The van der Waals surface area contributed by atoms with Gasteiger partial charge in [0.1, 0.15) is 5.75 Å². The van der Waals surface area contributed by atoms with Gasteiger partial charge in [0.05, 0.1) is 12.2 Å². The van der Waals surface area contributed by atoms with Gasteiger partial charge in [-0.25, -0.2) is 0 Å². The lowest BCUT2D eigenvalue weighted by molar-refractivity contribution is -0.133. The van der Waals surface area contributed by atoms with Gasteiger partial charge >= 0.3 is 10.1 Å². The van der Waals surface area contributed by atoms with Gasteiger partial charge in [-0.05, 0) is 37.3 Å². The molecule has 0 radical (unpaired) electrons. The van der Waals surface area contributed by atoms with Crippen molar-refractivity contribution < 1.29 is 27.3 Å². The molecule has 0 saturated heterocycles. The molecule has 2 N–H and O–H groups in total. The number of para-hydroxylation sites is 1. The fraction of sp³-hybridized carbons (Fsp3) is 0.222. The molecule has 0 spiro atoms. The van der Waals surface area contributed by atoms with Gasteiger partial charge in [-0.1, -0.05) is 18.2 Å². The summed E-state index contributed by atoms with van der Waals surface area (Å²) in [5.41, 5.74) is -0.875. The zero-order chi connectivity index (χ0) is 18.9. The number of ketones is 1. The Morgan fingerprint density at radius 1 is 1.15 bits per heavy atom. The average Bonchev–Trinajstić information content (AvgIpc) is 2.86. The Morgan fingerprint density at radius 2 is 1.81 bits per heavy atom. The van der Waals surface area contributed by atoms with Crippen molar-refractivity contribution in [2.45, 2.75) is 18.9 Å². The van der Waals surface area contributed by atoms with Crippen molar-refractivity contribution >= 4 is 27.5 Å². The number of hydrogen-bond acceptors (Lipinski definition) is 6. The van der Waals surface area contributed by atoms with E-state index in [1.165, 1.54) is 31.2 Å². The molecule has 1 amide bonds. The molecule has 1 unspecified atom stereocenters. The molecule has 2 aromatic rings. The first kappa shape index (κ1) is 18.1. The Labute approximate surface area is 150 Å². The number of Topliss-reactive ketones (excluding diaryl/α,β-unsaturated/α-hetero) is 1. The first-order valence-electron chi connectivity index (χ1n) is 7.94. The second kappa shape index (κ2) is 6.54. The van der Waals surface area contributed by atoms with E-state index in [0.717, 1.165) is 0 Å². The van der Waals surface area contributed by atoms with Crippen LogP contribution >= 0.6 is 0 Å². The van der Waals surface area contributed by atoms with Crippen LogP contribution in [0.4, 0.5) is 5.69 Å². The number of fused-ring (bicyclic) bond motifs is 1. The second-order valence-corrected chi connectivity index (χ2v) is 7.77. The molecule has 0 aliphatic carbocycles. The molecule has 1 heterocycles. The largest absolute Gasteiger partial charge is 0.382 e. The van der Waals surface area contributed by atoms with Gasteiger partial charge in [-0.3, -0.25) is 9.59 Å². The molecule has 8 heteroatoms. The third kappa shape index (κ3) is 3.33. The fourth-order valence-electron chi connectivity index (χ4n) is 2.71. The van der Waals surface area contributed by atoms with E-state index in [1.807, 2.05) is 0 Å². The Hall–Kier alpha value is -2.71. The SMILES string of the molecule is CCS(=O)(=O)Oc1ccc(C(=O)CC2(O)C(=O)Nc3ccccc32)cc1. The third-order valence-corrected chi connectivity index (χ3v) is 5.32. The molecule has 0 saturated carbocycles. The van der Waals surface area contributed by atoms with Crippen molar-refractivity contribution in [2.24, 2.45) is 0 Å². The predicted octanol–water partition coefficient (Wildman–Crippen LogP) is 1.83. The maximum absolute atomic E-state index is 12.5. The number of hydrogen-bond donors (Lipinski definition) is 2. The monoisotopic (exact) mass is 375 g/mol. The minimum absolute atomic E-state index is 0.0890. The summed E-state index contributed by atoms with van der Waals surface area (Å²) in [6, 6.07) is 12.1. The number of amides is 1. The van der Waals surface area contributed by atoms with E-state index in [0.29, 0.717) is 11.3 Å². The summed E-state index contributed by atoms with van der Waals surface area (Å²) in [4.78, 5) is 24.7. The highest BCUT2D eigenvalue weighted by Gasteiger charge is 2.46. The van der Waals surface area contributed by atoms with Crippen molar-refractivity contribution in [2.75, 3.05) is 11.1 Å². The van der Waals surface area contributed by atoms with Gasteiger partial charge in [0.15, 0.2) is 11.4 Å². The van der Waals surface area contributed by atoms with E-state index in [-0.39, 0.29) is 17.1 Å².